The molecule has 0 aliphatic carbocycles. The molecule has 1 fully saturated rings. The lowest BCUT2D eigenvalue weighted by Gasteiger charge is -2.36. The minimum atomic E-state index is 0. The van der Waals surface area contributed by atoms with Crippen molar-refractivity contribution in [2.24, 2.45) is 4.99 Å². The molecule has 1 heterocycles. The number of nitrogens with one attached hydrogen (secondary N) is 2. The van der Waals surface area contributed by atoms with Crippen molar-refractivity contribution in [2.75, 3.05) is 63.2 Å². The molecule has 1 amide bonds. The zero-order valence-corrected chi connectivity index (χ0v) is 21.9. The summed E-state index contributed by atoms with van der Waals surface area (Å²) in [4.78, 5) is 21.4. The van der Waals surface area contributed by atoms with Gasteiger partial charge in [0.05, 0.1) is 13.7 Å². The number of carbonyl (C=O) groups excluding carboxylic acids is 1. The van der Waals surface area contributed by atoms with E-state index in [9.17, 15) is 4.79 Å². The first-order valence-electron chi connectivity index (χ1n) is 11.1. The molecular weight excluding hydrogens is 533 g/mol. The van der Waals surface area contributed by atoms with Gasteiger partial charge < -0.3 is 29.9 Å². The lowest BCUT2D eigenvalue weighted by molar-refractivity contribution is -0.129. The molecule has 2 aromatic carbocycles. The number of halogens is 1. The Hall–Kier alpha value is -2.69. The molecule has 8 nitrogen and oxygen atoms in total. The monoisotopic (exact) mass is 567 g/mol. The predicted molar refractivity (Wildman–Crippen MR) is 144 cm³/mol. The van der Waals surface area contributed by atoms with E-state index in [0.717, 1.165) is 18.8 Å². The van der Waals surface area contributed by atoms with Gasteiger partial charge in [-0.2, -0.15) is 0 Å². The Bertz CT molecular complexity index is 902. The van der Waals surface area contributed by atoms with Crippen molar-refractivity contribution >= 4 is 47.2 Å². The lowest BCUT2D eigenvalue weighted by Crippen LogP contribution is -2.49. The summed E-state index contributed by atoms with van der Waals surface area (Å²) >= 11 is 0. The molecule has 0 aromatic heterocycles. The number of guanidine groups is 1. The molecule has 1 saturated heterocycles. The molecule has 0 unspecified atom stereocenters. The van der Waals surface area contributed by atoms with Crippen molar-refractivity contribution in [1.29, 1.82) is 0 Å². The molecule has 1 aliphatic heterocycles. The van der Waals surface area contributed by atoms with Crippen LogP contribution in [0.2, 0.25) is 0 Å². The highest BCUT2D eigenvalue weighted by molar-refractivity contribution is 14.0. The van der Waals surface area contributed by atoms with Crippen LogP contribution in [0.5, 0.6) is 11.5 Å². The van der Waals surface area contributed by atoms with E-state index in [-0.39, 0.29) is 36.4 Å². The number of benzene rings is 2. The molecule has 180 valence electrons. The van der Waals surface area contributed by atoms with Crippen LogP contribution in [0.15, 0.2) is 53.5 Å². The number of carbonyl (C=O) groups is 1. The van der Waals surface area contributed by atoms with Crippen molar-refractivity contribution in [1.82, 2.24) is 10.2 Å². The van der Waals surface area contributed by atoms with Gasteiger partial charge in [-0.1, -0.05) is 18.2 Å². The number of para-hydroxylation sites is 1. The van der Waals surface area contributed by atoms with Crippen molar-refractivity contribution in [2.45, 2.75) is 13.8 Å². The van der Waals surface area contributed by atoms with Crippen LogP contribution in [-0.4, -0.2) is 69.8 Å². The molecule has 0 bridgehead atoms. The lowest BCUT2D eigenvalue weighted by atomic mass is 10.2. The van der Waals surface area contributed by atoms with Crippen LogP contribution in [0.3, 0.4) is 0 Å². The van der Waals surface area contributed by atoms with E-state index in [4.69, 9.17) is 9.47 Å². The van der Waals surface area contributed by atoms with Gasteiger partial charge in [0.15, 0.2) is 17.5 Å². The number of amides is 1. The van der Waals surface area contributed by atoms with E-state index >= 15 is 0 Å². The third-order valence-electron chi connectivity index (χ3n) is 5.20. The van der Waals surface area contributed by atoms with Crippen molar-refractivity contribution in [3.05, 3.63) is 48.5 Å². The minimum absolute atomic E-state index is 0. The maximum atomic E-state index is 12.7. The summed E-state index contributed by atoms with van der Waals surface area (Å²) < 4.78 is 11.0. The number of anilines is 2. The summed E-state index contributed by atoms with van der Waals surface area (Å²) in [5.74, 6) is 1.91. The van der Waals surface area contributed by atoms with Crippen molar-refractivity contribution < 1.29 is 14.3 Å². The normalized spacial score (nSPS) is 13.7. The highest BCUT2D eigenvalue weighted by atomic mass is 127. The molecule has 9 heteroatoms. The Morgan fingerprint density at radius 3 is 2.39 bits per heavy atom. The summed E-state index contributed by atoms with van der Waals surface area (Å²) in [5, 5.41) is 6.43. The van der Waals surface area contributed by atoms with Crippen LogP contribution < -0.4 is 25.0 Å². The number of ether oxygens (including phenoxy) is 2. The molecule has 0 atom stereocenters. The van der Waals surface area contributed by atoms with Crippen LogP contribution in [0.4, 0.5) is 11.4 Å². The maximum absolute atomic E-state index is 12.7. The second kappa shape index (κ2) is 13.8. The van der Waals surface area contributed by atoms with Gasteiger partial charge in [-0.05, 0) is 38.1 Å². The fraction of sp³-hybridized carbons (Fsp3) is 0.417. The van der Waals surface area contributed by atoms with Crippen molar-refractivity contribution in [3.8, 4) is 11.5 Å². The summed E-state index contributed by atoms with van der Waals surface area (Å²) in [6, 6.07) is 15.9. The van der Waals surface area contributed by atoms with E-state index in [1.807, 2.05) is 55.1 Å². The number of nitrogens with zero attached hydrogens (tertiary/aromatic N) is 3. The SMILES string of the molecule is CCNC(=NCC(=O)N1CCN(c2ccccc2)CC1)Nc1ccc(OC)c(OCC)c1.I. The Labute approximate surface area is 213 Å². The van der Waals surface area contributed by atoms with E-state index < -0.39 is 0 Å². The molecule has 1 aliphatic rings. The molecule has 0 radical (unpaired) electrons. The molecule has 33 heavy (non-hydrogen) atoms. The Morgan fingerprint density at radius 1 is 1.03 bits per heavy atom. The first-order valence-corrected chi connectivity index (χ1v) is 11.1. The smallest absolute Gasteiger partial charge is 0.244 e. The third kappa shape index (κ3) is 7.69. The summed E-state index contributed by atoms with van der Waals surface area (Å²) in [7, 11) is 1.61. The second-order valence-corrected chi connectivity index (χ2v) is 7.32. The first-order chi connectivity index (χ1) is 15.6. The highest BCUT2D eigenvalue weighted by Crippen LogP contribution is 2.30. The zero-order chi connectivity index (χ0) is 22.8. The maximum Gasteiger partial charge on any atom is 0.244 e. The molecule has 3 rings (SSSR count). The van der Waals surface area contributed by atoms with Crippen LogP contribution >= 0.6 is 24.0 Å². The second-order valence-electron chi connectivity index (χ2n) is 7.32. The van der Waals surface area contributed by atoms with E-state index in [2.05, 4.69) is 32.7 Å². The van der Waals surface area contributed by atoms with Crippen molar-refractivity contribution in [3.63, 3.8) is 0 Å². The van der Waals surface area contributed by atoms with Gasteiger partial charge in [-0.3, -0.25) is 4.79 Å². The van der Waals surface area contributed by atoms with Crippen LogP contribution in [-0.2, 0) is 4.79 Å². The van der Waals surface area contributed by atoms with Gasteiger partial charge in [-0.25, -0.2) is 4.99 Å². The minimum Gasteiger partial charge on any atom is -0.493 e. The van der Waals surface area contributed by atoms with Crippen LogP contribution in [0.1, 0.15) is 13.8 Å². The van der Waals surface area contributed by atoms with Gasteiger partial charge in [0, 0.05) is 50.2 Å². The quantitative estimate of drug-likeness (QED) is 0.289. The molecule has 2 aromatic rings. The number of hydrogen-bond donors (Lipinski definition) is 2. The Balaban J connectivity index is 0.00000385. The first kappa shape index (κ1) is 26.6. The topological polar surface area (TPSA) is 78.4 Å². The van der Waals surface area contributed by atoms with Crippen LogP contribution in [0.25, 0.3) is 0 Å². The highest BCUT2D eigenvalue weighted by Gasteiger charge is 2.21. The fourth-order valence-electron chi connectivity index (χ4n) is 3.57. The number of piperazine rings is 1. The molecule has 2 N–H and O–H groups in total. The summed E-state index contributed by atoms with van der Waals surface area (Å²) in [6.07, 6.45) is 0. The van der Waals surface area contributed by atoms with E-state index in [1.54, 1.807) is 7.11 Å². The molecular formula is C24H34IN5O3. The van der Waals surface area contributed by atoms with Crippen LogP contribution in [0, 0.1) is 0 Å². The number of rotatable bonds is 8. The van der Waals surface area contributed by atoms with Gasteiger partial charge in [0.1, 0.15) is 6.54 Å². The average Bonchev–Trinajstić information content (AvgIpc) is 2.83. The largest absolute Gasteiger partial charge is 0.493 e. The summed E-state index contributed by atoms with van der Waals surface area (Å²) in [6.45, 7) is 8.28. The third-order valence-corrected chi connectivity index (χ3v) is 5.20. The molecule has 0 spiro atoms. The summed E-state index contributed by atoms with van der Waals surface area (Å²) in [5.41, 5.74) is 2.00. The average molecular weight is 567 g/mol. The molecule has 0 saturated carbocycles. The van der Waals surface area contributed by atoms with Gasteiger partial charge in [0.2, 0.25) is 5.91 Å². The van der Waals surface area contributed by atoms with Gasteiger partial charge in [0.25, 0.3) is 0 Å². The van der Waals surface area contributed by atoms with E-state index in [1.165, 1.54) is 5.69 Å². The Morgan fingerprint density at radius 2 is 1.76 bits per heavy atom. The number of aliphatic imine (C=N–C) groups is 1. The zero-order valence-electron chi connectivity index (χ0n) is 19.5. The van der Waals surface area contributed by atoms with Gasteiger partial charge >= 0.3 is 0 Å². The standard InChI is InChI=1S/C24H33N5O3.HI/c1-4-25-24(27-19-11-12-21(31-3)22(17-19)32-5-2)26-18-23(30)29-15-13-28(14-16-29)20-9-7-6-8-10-20;/h6-12,17H,4-5,13-16,18H2,1-3H3,(H2,25,26,27);1H. The van der Waals surface area contributed by atoms with E-state index in [0.29, 0.717) is 43.7 Å². The predicted octanol–water partition coefficient (Wildman–Crippen LogP) is 3.44. The number of hydrogen-bond acceptors (Lipinski definition) is 5. The Kier molecular flexibility index (Phi) is 11.1. The fourth-order valence-corrected chi connectivity index (χ4v) is 3.57. The van der Waals surface area contributed by atoms with Gasteiger partial charge in [-0.15, -0.1) is 24.0 Å². The number of methoxy groups -OCH3 is 1.